The van der Waals surface area contributed by atoms with Gasteiger partial charge < -0.3 is 10.6 Å². The maximum absolute atomic E-state index is 13.0. The van der Waals surface area contributed by atoms with E-state index in [0.29, 0.717) is 22.1 Å². The predicted octanol–water partition coefficient (Wildman–Crippen LogP) is 3.38. The molecule has 2 N–H and O–H groups in total. The van der Waals surface area contributed by atoms with Gasteiger partial charge in [0, 0.05) is 24.6 Å². The van der Waals surface area contributed by atoms with E-state index in [1.807, 2.05) is 0 Å². The summed E-state index contributed by atoms with van der Waals surface area (Å²) < 4.78 is 53.4. The molecule has 0 aliphatic rings. The first kappa shape index (κ1) is 21.0. The smallest absolute Gasteiger partial charge is 0.282 e. The molecule has 0 aliphatic carbocycles. The Morgan fingerprint density at radius 3 is 2.13 bits per heavy atom. The van der Waals surface area contributed by atoms with Crippen molar-refractivity contribution in [3.63, 3.8) is 0 Å². The Bertz CT molecular complexity index is 1050. The van der Waals surface area contributed by atoms with Crippen molar-refractivity contribution in [3.8, 4) is 0 Å². The highest BCUT2D eigenvalue weighted by Crippen LogP contribution is 2.25. The second-order valence-corrected chi connectivity index (χ2v) is 6.21. The first-order valence-corrected chi connectivity index (χ1v) is 8.58. The summed E-state index contributed by atoms with van der Waals surface area (Å²) in [4.78, 5) is 24.2. The van der Waals surface area contributed by atoms with Gasteiger partial charge in [-0.15, -0.1) is 0 Å². The zero-order valence-electron chi connectivity index (χ0n) is 15.5. The lowest BCUT2D eigenvalue weighted by molar-refractivity contribution is -0.117. The molecule has 8 nitrogen and oxygen atoms in total. The quantitative estimate of drug-likeness (QED) is 0.569. The third-order valence-electron chi connectivity index (χ3n) is 3.94. The Labute approximate surface area is 167 Å². The van der Waals surface area contributed by atoms with E-state index in [1.165, 1.54) is 28.9 Å². The van der Waals surface area contributed by atoms with Crippen LogP contribution in [0.15, 0.2) is 42.6 Å². The number of aryl methyl sites for hydroxylation is 1. The van der Waals surface area contributed by atoms with Crippen LogP contribution in [0, 0.1) is 0 Å². The fourth-order valence-corrected chi connectivity index (χ4v) is 2.57. The zero-order chi connectivity index (χ0) is 21.8. The lowest BCUT2D eigenvalue weighted by Crippen LogP contribution is -2.21. The highest BCUT2D eigenvalue weighted by molar-refractivity contribution is 6.03. The number of benzene rings is 1. The average Bonchev–Trinajstić information content (AvgIpc) is 3.30. The molecule has 158 valence electrons. The minimum absolute atomic E-state index is 0.229. The molecule has 2 amide bonds. The summed E-state index contributed by atoms with van der Waals surface area (Å²) in [7, 11) is 1.68. The standard InChI is InChI=1S/C18H16F4N6O2/c1-27-7-6-12(25-27)18(30)24-11-4-2-10(3-5-11)23-15(29)9-28-14(17(21)22)8-13(26-28)16(19)20/h2-8,16-17H,9H2,1H3,(H,23,29)(H,24,30). The summed E-state index contributed by atoms with van der Waals surface area (Å²) in [5, 5.41) is 12.4. The summed E-state index contributed by atoms with van der Waals surface area (Å²) in [6.07, 6.45) is -4.46. The van der Waals surface area contributed by atoms with E-state index >= 15 is 0 Å². The number of amides is 2. The molecule has 2 heterocycles. The number of nitrogens with zero attached hydrogens (tertiary/aromatic N) is 4. The van der Waals surface area contributed by atoms with Gasteiger partial charge in [0.25, 0.3) is 18.8 Å². The summed E-state index contributed by atoms with van der Waals surface area (Å²) in [6.45, 7) is -0.662. The van der Waals surface area contributed by atoms with E-state index in [-0.39, 0.29) is 5.69 Å². The van der Waals surface area contributed by atoms with Crippen LogP contribution in [0.1, 0.15) is 34.7 Å². The third-order valence-corrected chi connectivity index (χ3v) is 3.94. The molecule has 0 spiro atoms. The van der Waals surface area contributed by atoms with Gasteiger partial charge in [-0.25, -0.2) is 17.6 Å². The van der Waals surface area contributed by atoms with E-state index < -0.39 is 42.6 Å². The van der Waals surface area contributed by atoms with Gasteiger partial charge in [0.1, 0.15) is 17.9 Å². The largest absolute Gasteiger partial charge is 0.324 e. The number of alkyl halides is 4. The molecule has 0 bridgehead atoms. The molecule has 2 aromatic heterocycles. The molecule has 12 heteroatoms. The molecule has 30 heavy (non-hydrogen) atoms. The third kappa shape index (κ3) is 5.01. The van der Waals surface area contributed by atoms with Crippen molar-refractivity contribution in [1.29, 1.82) is 0 Å². The van der Waals surface area contributed by atoms with Gasteiger partial charge in [-0.3, -0.25) is 19.0 Å². The van der Waals surface area contributed by atoms with E-state index in [0.717, 1.165) is 0 Å². The van der Waals surface area contributed by atoms with Crippen molar-refractivity contribution in [1.82, 2.24) is 19.6 Å². The van der Waals surface area contributed by atoms with Gasteiger partial charge in [-0.1, -0.05) is 0 Å². The normalized spacial score (nSPS) is 11.2. The number of rotatable bonds is 7. The number of halogens is 4. The molecule has 0 aliphatic heterocycles. The second-order valence-electron chi connectivity index (χ2n) is 6.21. The monoisotopic (exact) mass is 424 g/mol. The highest BCUT2D eigenvalue weighted by Gasteiger charge is 2.22. The van der Waals surface area contributed by atoms with Gasteiger partial charge in [-0.05, 0) is 36.4 Å². The molecule has 3 aromatic rings. The summed E-state index contributed by atoms with van der Waals surface area (Å²) in [5.41, 5.74) is -0.612. The van der Waals surface area contributed by atoms with Crippen molar-refractivity contribution in [3.05, 3.63) is 59.7 Å². The number of anilines is 2. The molecule has 0 saturated heterocycles. The molecule has 0 unspecified atom stereocenters. The Morgan fingerprint density at radius 2 is 1.60 bits per heavy atom. The van der Waals surface area contributed by atoms with Crippen LogP contribution in [-0.4, -0.2) is 31.4 Å². The summed E-state index contributed by atoms with van der Waals surface area (Å²) in [6, 6.07) is 8.11. The van der Waals surface area contributed by atoms with Crippen LogP contribution in [0.25, 0.3) is 0 Å². The van der Waals surface area contributed by atoms with Gasteiger partial charge in [0.2, 0.25) is 5.91 Å². The van der Waals surface area contributed by atoms with Crippen molar-refractivity contribution < 1.29 is 27.2 Å². The van der Waals surface area contributed by atoms with Crippen LogP contribution in [0.2, 0.25) is 0 Å². The molecule has 1 aromatic carbocycles. The van der Waals surface area contributed by atoms with Crippen molar-refractivity contribution in [2.45, 2.75) is 19.4 Å². The number of carbonyl (C=O) groups is 2. The number of hydrogen-bond acceptors (Lipinski definition) is 4. The lowest BCUT2D eigenvalue weighted by atomic mass is 10.2. The molecule has 0 fully saturated rings. The van der Waals surface area contributed by atoms with E-state index in [1.54, 1.807) is 19.3 Å². The van der Waals surface area contributed by atoms with Crippen molar-refractivity contribution in [2.75, 3.05) is 10.6 Å². The van der Waals surface area contributed by atoms with E-state index in [9.17, 15) is 27.2 Å². The maximum Gasteiger partial charge on any atom is 0.282 e. The Hall–Kier alpha value is -3.70. The average molecular weight is 424 g/mol. The number of nitrogens with one attached hydrogen (secondary N) is 2. The topological polar surface area (TPSA) is 93.8 Å². The first-order valence-electron chi connectivity index (χ1n) is 8.58. The minimum Gasteiger partial charge on any atom is -0.324 e. The lowest BCUT2D eigenvalue weighted by Gasteiger charge is -2.09. The van der Waals surface area contributed by atoms with Crippen molar-refractivity contribution >= 4 is 23.2 Å². The van der Waals surface area contributed by atoms with Crippen LogP contribution < -0.4 is 10.6 Å². The summed E-state index contributed by atoms with van der Waals surface area (Å²) in [5.74, 6) is -1.15. The Kier molecular flexibility index (Phi) is 6.14. The molecule has 0 radical (unpaired) electrons. The number of aromatic nitrogens is 4. The summed E-state index contributed by atoms with van der Waals surface area (Å²) >= 11 is 0. The van der Waals surface area contributed by atoms with Gasteiger partial charge in [-0.2, -0.15) is 10.2 Å². The van der Waals surface area contributed by atoms with Gasteiger partial charge in [0.15, 0.2) is 5.69 Å². The Morgan fingerprint density at radius 1 is 0.967 bits per heavy atom. The second kappa shape index (κ2) is 8.76. The van der Waals surface area contributed by atoms with Crippen LogP contribution >= 0.6 is 0 Å². The minimum atomic E-state index is -3.06. The van der Waals surface area contributed by atoms with Crippen LogP contribution in [0.3, 0.4) is 0 Å². The Balaban J connectivity index is 1.61. The SMILES string of the molecule is Cn1ccc(C(=O)Nc2ccc(NC(=O)Cn3nc(C(F)F)cc3C(F)F)cc2)n1. The van der Waals surface area contributed by atoms with Crippen LogP contribution in [-0.2, 0) is 18.4 Å². The zero-order valence-corrected chi connectivity index (χ0v) is 15.5. The first-order chi connectivity index (χ1) is 14.2. The fraction of sp³-hybridized carbons (Fsp3) is 0.222. The molecular weight excluding hydrogens is 408 g/mol. The van der Waals surface area contributed by atoms with Crippen LogP contribution in [0.5, 0.6) is 0 Å². The van der Waals surface area contributed by atoms with E-state index in [4.69, 9.17) is 0 Å². The molecule has 0 atom stereocenters. The molecule has 3 rings (SSSR count). The van der Waals surface area contributed by atoms with Gasteiger partial charge >= 0.3 is 0 Å². The maximum atomic E-state index is 13.0. The predicted molar refractivity (Wildman–Crippen MR) is 98.4 cm³/mol. The van der Waals surface area contributed by atoms with Gasteiger partial charge in [0.05, 0.1) is 0 Å². The number of hydrogen-bond donors (Lipinski definition) is 2. The number of carbonyl (C=O) groups excluding carboxylic acids is 2. The molecular formula is C18H16F4N6O2. The molecule has 0 saturated carbocycles. The van der Waals surface area contributed by atoms with Crippen LogP contribution in [0.4, 0.5) is 28.9 Å². The van der Waals surface area contributed by atoms with E-state index in [2.05, 4.69) is 20.8 Å². The highest BCUT2D eigenvalue weighted by atomic mass is 19.3. The fourth-order valence-electron chi connectivity index (χ4n) is 2.57. The van der Waals surface area contributed by atoms with Crippen molar-refractivity contribution in [2.24, 2.45) is 7.05 Å².